The van der Waals surface area contributed by atoms with Crippen LogP contribution in [0, 0.1) is 5.92 Å². The zero-order valence-corrected chi connectivity index (χ0v) is 12.0. The number of carbonyl (C=O) groups is 2. The van der Waals surface area contributed by atoms with Crippen molar-refractivity contribution in [2.75, 3.05) is 0 Å². The van der Waals surface area contributed by atoms with Crippen LogP contribution in [-0.2, 0) is 17.6 Å². The number of rotatable bonds is 6. The lowest BCUT2D eigenvalue weighted by Crippen LogP contribution is -2.12. The van der Waals surface area contributed by atoms with Crippen molar-refractivity contribution in [2.45, 2.75) is 19.8 Å². The van der Waals surface area contributed by atoms with Crippen LogP contribution < -0.4 is 0 Å². The summed E-state index contributed by atoms with van der Waals surface area (Å²) in [4.78, 5) is 22.9. The van der Waals surface area contributed by atoms with E-state index in [9.17, 15) is 9.59 Å². The van der Waals surface area contributed by atoms with Gasteiger partial charge in [0.2, 0.25) is 0 Å². The van der Waals surface area contributed by atoms with E-state index in [1.54, 1.807) is 6.92 Å². The maximum Gasteiger partial charge on any atom is 0.306 e. The van der Waals surface area contributed by atoms with Crippen molar-refractivity contribution in [1.82, 2.24) is 0 Å². The Kier molecular flexibility index (Phi) is 4.88. The summed E-state index contributed by atoms with van der Waals surface area (Å²) in [5, 5.41) is 8.90. The Morgan fingerprint density at radius 3 is 2.10 bits per heavy atom. The van der Waals surface area contributed by atoms with Gasteiger partial charge >= 0.3 is 5.97 Å². The number of ketones is 1. The fourth-order valence-electron chi connectivity index (χ4n) is 2.15. The largest absolute Gasteiger partial charge is 0.481 e. The van der Waals surface area contributed by atoms with E-state index in [-0.39, 0.29) is 5.78 Å². The molecule has 3 nitrogen and oxygen atoms in total. The van der Waals surface area contributed by atoms with Gasteiger partial charge in [0, 0.05) is 12.0 Å². The highest BCUT2D eigenvalue weighted by Crippen LogP contribution is 2.12. The molecule has 0 aliphatic rings. The smallest absolute Gasteiger partial charge is 0.306 e. The van der Waals surface area contributed by atoms with E-state index in [0.29, 0.717) is 18.4 Å². The average molecular weight is 282 g/mol. The van der Waals surface area contributed by atoms with E-state index < -0.39 is 11.9 Å². The molecule has 0 aromatic heterocycles. The van der Waals surface area contributed by atoms with Crippen LogP contribution in [0.1, 0.15) is 28.4 Å². The molecule has 0 spiro atoms. The van der Waals surface area contributed by atoms with E-state index in [1.807, 2.05) is 54.6 Å². The van der Waals surface area contributed by atoms with Gasteiger partial charge in [0.25, 0.3) is 0 Å². The van der Waals surface area contributed by atoms with Crippen LogP contribution >= 0.6 is 0 Å². The summed E-state index contributed by atoms with van der Waals surface area (Å²) in [6.07, 6.45) is 0.862. The molecular formula is C18H18O3. The maximum atomic E-state index is 12.1. The van der Waals surface area contributed by atoms with Crippen molar-refractivity contribution >= 4 is 11.8 Å². The fraction of sp³-hybridized carbons (Fsp3) is 0.222. The lowest BCUT2D eigenvalue weighted by molar-refractivity contribution is -0.141. The molecule has 0 radical (unpaired) electrons. The van der Waals surface area contributed by atoms with Crippen molar-refractivity contribution < 1.29 is 14.7 Å². The number of carboxylic acids is 1. The normalized spacial score (nSPS) is 11.9. The van der Waals surface area contributed by atoms with Crippen molar-refractivity contribution in [2.24, 2.45) is 5.92 Å². The summed E-state index contributed by atoms with van der Waals surface area (Å²) in [5.74, 6) is -1.11. The van der Waals surface area contributed by atoms with Crippen LogP contribution in [0.15, 0.2) is 54.6 Å². The van der Waals surface area contributed by atoms with Crippen molar-refractivity contribution in [3.63, 3.8) is 0 Å². The molecule has 3 heteroatoms. The first kappa shape index (κ1) is 15.0. The van der Waals surface area contributed by atoms with Gasteiger partial charge in [-0.2, -0.15) is 0 Å². The highest BCUT2D eigenvalue weighted by Gasteiger charge is 2.12. The number of benzene rings is 2. The first-order valence-corrected chi connectivity index (χ1v) is 6.95. The Bertz CT molecular complexity index is 615. The van der Waals surface area contributed by atoms with Crippen molar-refractivity contribution in [3.05, 3.63) is 71.3 Å². The third-order valence-corrected chi connectivity index (χ3v) is 3.45. The molecule has 2 rings (SSSR count). The van der Waals surface area contributed by atoms with Crippen LogP contribution in [0.5, 0.6) is 0 Å². The molecule has 2 aromatic rings. The first-order chi connectivity index (χ1) is 10.1. The predicted molar refractivity (Wildman–Crippen MR) is 81.4 cm³/mol. The monoisotopic (exact) mass is 282 g/mol. The highest BCUT2D eigenvalue weighted by atomic mass is 16.4. The topological polar surface area (TPSA) is 54.4 Å². The van der Waals surface area contributed by atoms with Gasteiger partial charge in [-0.1, -0.05) is 61.5 Å². The first-order valence-electron chi connectivity index (χ1n) is 6.95. The van der Waals surface area contributed by atoms with E-state index in [4.69, 9.17) is 5.11 Å². The Hall–Kier alpha value is -2.42. The van der Waals surface area contributed by atoms with Gasteiger partial charge in [-0.3, -0.25) is 9.59 Å². The third-order valence-electron chi connectivity index (χ3n) is 3.45. The van der Waals surface area contributed by atoms with Gasteiger partial charge < -0.3 is 5.11 Å². The summed E-state index contributed by atoms with van der Waals surface area (Å²) >= 11 is 0. The summed E-state index contributed by atoms with van der Waals surface area (Å²) in [6.45, 7) is 1.69. The van der Waals surface area contributed by atoms with Crippen LogP contribution in [0.4, 0.5) is 0 Å². The minimum Gasteiger partial charge on any atom is -0.481 e. The number of hydrogen-bond acceptors (Lipinski definition) is 2. The number of aliphatic carboxylic acids is 1. The molecule has 0 bridgehead atoms. The summed E-state index contributed by atoms with van der Waals surface area (Å²) < 4.78 is 0. The average Bonchev–Trinajstić information content (AvgIpc) is 2.50. The molecule has 0 heterocycles. The summed E-state index contributed by atoms with van der Waals surface area (Å²) in [6, 6.07) is 16.8. The van der Waals surface area contributed by atoms with E-state index in [0.717, 1.165) is 11.1 Å². The molecule has 0 fully saturated rings. The number of carboxylic acid groups (broad SMARTS) is 1. The molecule has 0 amide bonds. The zero-order chi connectivity index (χ0) is 15.2. The molecule has 2 aromatic carbocycles. The molecular weight excluding hydrogens is 264 g/mol. The van der Waals surface area contributed by atoms with Crippen LogP contribution in [-0.4, -0.2) is 16.9 Å². The van der Waals surface area contributed by atoms with Crippen LogP contribution in [0.2, 0.25) is 0 Å². The lowest BCUT2D eigenvalue weighted by Gasteiger charge is -2.07. The Labute approximate surface area is 124 Å². The molecule has 1 atom stereocenters. The SMILES string of the molecule is C[C@H](Cc1ccc(CC(=O)c2ccccc2)cc1)C(=O)O. The number of carbonyl (C=O) groups excluding carboxylic acids is 1. The van der Waals surface area contributed by atoms with Gasteiger partial charge in [0.1, 0.15) is 0 Å². The predicted octanol–water partition coefficient (Wildman–Crippen LogP) is 3.38. The molecule has 0 aliphatic carbocycles. The Morgan fingerprint density at radius 2 is 1.52 bits per heavy atom. The van der Waals surface area contributed by atoms with Gasteiger partial charge in [-0.15, -0.1) is 0 Å². The number of hydrogen-bond donors (Lipinski definition) is 1. The molecule has 1 N–H and O–H groups in total. The summed E-state index contributed by atoms with van der Waals surface area (Å²) in [7, 11) is 0. The Morgan fingerprint density at radius 1 is 0.952 bits per heavy atom. The lowest BCUT2D eigenvalue weighted by atomic mass is 9.98. The second kappa shape index (κ2) is 6.84. The van der Waals surface area contributed by atoms with Gasteiger partial charge in [0.05, 0.1) is 5.92 Å². The second-order valence-corrected chi connectivity index (χ2v) is 5.23. The quantitative estimate of drug-likeness (QED) is 0.826. The molecule has 0 saturated heterocycles. The standard InChI is InChI=1S/C18H18O3/c1-13(18(20)21)11-14-7-9-15(10-8-14)12-17(19)16-5-3-2-4-6-16/h2-10,13H,11-12H2,1H3,(H,20,21)/t13-/m1/s1. The van der Waals surface area contributed by atoms with Gasteiger partial charge in [0.15, 0.2) is 5.78 Å². The molecule has 108 valence electrons. The van der Waals surface area contributed by atoms with Crippen molar-refractivity contribution in [3.8, 4) is 0 Å². The molecule has 0 aliphatic heterocycles. The minimum absolute atomic E-state index is 0.0854. The zero-order valence-electron chi connectivity index (χ0n) is 12.0. The summed E-state index contributed by atoms with van der Waals surface area (Å²) in [5.41, 5.74) is 2.62. The van der Waals surface area contributed by atoms with E-state index in [2.05, 4.69) is 0 Å². The minimum atomic E-state index is -0.793. The van der Waals surface area contributed by atoms with E-state index >= 15 is 0 Å². The molecule has 0 saturated carbocycles. The Balaban J connectivity index is 2.00. The van der Waals surface area contributed by atoms with Crippen LogP contribution in [0.25, 0.3) is 0 Å². The van der Waals surface area contributed by atoms with Crippen LogP contribution in [0.3, 0.4) is 0 Å². The van der Waals surface area contributed by atoms with Gasteiger partial charge in [-0.05, 0) is 17.5 Å². The molecule has 21 heavy (non-hydrogen) atoms. The van der Waals surface area contributed by atoms with Gasteiger partial charge in [-0.25, -0.2) is 0 Å². The van der Waals surface area contributed by atoms with Crippen molar-refractivity contribution in [1.29, 1.82) is 0 Å². The number of Topliss-reactive ketones (excluding diaryl/α,β-unsaturated/α-hetero) is 1. The molecule has 0 unspecified atom stereocenters. The fourth-order valence-corrected chi connectivity index (χ4v) is 2.15. The maximum absolute atomic E-state index is 12.1. The third kappa shape index (κ3) is 4.28. The second-order valence-electron chi connectivity index (χ2n) is 5.23. The van der Waals surface area contributed by atoms with E-state index in [1.165, 1.54) is 0 Å². The highest BCUT2D eigenvalue weighted by molar-refractivity contribution is 5.97.